The summed E-state index contributed by atoms with van der Waals surface area (Å²) in [5, 5.41) is 15.4. The van der Waals surface area contributed by atoms with E-state index in [0.717, 1.165) is 5.56 Å². The Hall–Kier alpha value is -4.00. The van der Waals surface area contributed by atoms with Crippen LogP contribution in [0, 0.1) is 10.1 Å². The van der Waals surface area contributed by atoms with E-state index in [1.54, 1.807) is 24.3 Å². The van der Waals surface area contributed by atoms with Crippen molar-refractivity contribution in [3.63, 3.8) is 0 Å². The first-order valence-electron chi connectivity index (χ1n) is 8.23. The molecule has 1 heterocycles. The third-order valence-corrected chi connectivity index (χ3v) is 4.13. The summed E-state index contributed by atoms with van der Waals surface area (Å²) in [5.41, 5.74) is 1.52. The van der Waals surface area contributed by atoms with Crippen LogP contribution in [0.25, 0.3) is 22.8 Å². The van der Waals surface area contributed by atoms with Gasteiger partial charge in [0.05, 0.1) is 16.3 Å². The molecule has 0 atom stereocenters. The van der Waals surface area contributed by atoms with Gasteiger partial charge in [0, 0.05) is 17.7 Å². The molecule has 132 valence electrons. The molecule has 0 saturated carbocycles. The van der Waals surface area contributed by atoms with Crippen molar-refractivity contribution < 1.29 is 4.92 Å². The van der Waals surface area contributed by atoms with Crippen LogP contribution in [0.15, 0.2) is 89.7 Å². The molecule has 0 spiro atoms. The van der Waals surface area contributed by atoms with Crippen molar-refractivity contribution in [3.05, 3.63) is 106 Å². The summed E-state index contributed by atoms with van der Waals surface area (Å²) in [6.45, 7) is 0. The molecule has 0 amide bonds. The van der Waals surface area contributed by atoms with Gasteiger partial charge in [-0.3, -0.25) is 10.1 Å². The van der Waals surface area contributed by atoms with E-state index in [9.17, 15) is 14.9 Å². The molecule has 0 bridgehead atoms. The zero-order chi connectivity index (χ0) is 18.8. The second kappa shape index (κ2) is 6.72. The van der Waals surface area contributed by atoms with Gasteiger partial charge >= 0.3 is 5.69 Å². The number of benzene rings is 3. The Morgan fingerprint density at radius 1 is 0.778 bits per heavy atom. The lowest BCUT2D eigenvalue weighted by molar-refractivity contribution is -0.384. The van der Waals surface area contributed by atoms with Gasteiger partial charge < -0.3 is 0 Å². The molecule has 0 aliphatic rings. The van der Waals surface area contributed by atoms with Crippen LogP contribution in [0.3, 0.4) is 0 Å². The third-order valence-electron chi connectivity index (χ3n) is 4.13. The van der Waals surface area contributed by atoms with Gasteiger partial charge in [-0.05, 0) is 24.3 Å². The summed E-state index contributed by atoms with van der Waals surface area (Å²) in [6, 6.07) is 24.3. The summed E-state index contributed by atoms with van der Waals surface area (Å²) in [5.74, 6) is 0.457. The Morgan fingerprint density at radius 2 is 1.37 bits per heavy atom. The van der Waals surface area contributed by atoms with Crippen LogP contribution in [0.4, 0.5) is 5.69 Å². The smallest absolute Gasteiger partial charge is 0.258 e. The first kappa shape index (κ1) is 16.5. The van der Waals surface area contributed by atoms with Gasteiger partial charge in [-0.1, -0.05) is 48.5 Å². The molecule has 27 heavy (non-hydrogen) atoms. The molecule has 7 nitrogen and oxygen atoms in total. The number of nitro benzene ring substituents is 1. The van der Waals surface area contributed by atoms with Gasteiger partial charge in [-0.2, -0.15) is 4.68 Å². The molecular weight excluding hydrogens is 344 g/mol. The minimum atomic E-state index is -0.474. The van der Waals surface area contributed by atoms with Crippen LogP contribution in [0.2, 0.25) is 0 Å². The van der Waals surface area contributed by atoms with Gasteiger partial charge in [-0.25, -0.2) is 9.36 Å². The molecule has 3 aromatic carbocycles. The van der Waals surface area contributed by atoms with Crippen LogP contribution < -0.4 is 5.69 Å². The zero-order valence-electron chi connectivity index (χ0n) is 14.1. The highest BCUT2D eigenvalue weighted by atomic mass is 16.6. The van der Waals surface area contributed by atoms with Crippen molar-refractivity contribution in [2.75, 3.05) is 0 Å². The first-order valence-corrected chi connectivity index (χ1v) is 8.23. The number of hydrogen-bond acceptors (Lipinski definition) is 4. The SMILES string of the molecule is O=c1n(-c2ccccc2)nc(-c2ccccc2)n1-c1ccc([N+](=O)[O-])cc1. The molecule has 0 fully saturated rings. The van der Waals surface area contributed by atoms with Crippen LogP contribution in [0.5, 0.6) is 0 Å². The Labute approximate surface area is 153 Å². The average molecular weight is 358 g/mol. The highest BCUT2D eigenvalue weighted by molar-refractivity contribution is 5.59. The standard InChI is InChI=1S/C20H14N4O3/c25-20-22(16-11-13-18(14-12-16)24(26)27)19(15-7-3-1-4-8-15)21-23(20)17-9-5-2-6-10-17/h1-14H. The molecule has 0 unspecified atom stereocenters. The maximum Gasteiger partial charge on any atom is 0.355 e. The van der Waals surface area contributed by atoms with Gasteiger partial charge in [0.2, 0.25) is 0 Å². The fourth-order valence-corrected chi connectivity index (χ4v) is 2.84. The fraction of sp³-hybridized carbons (Fsp3) is 0. The number of para-hydroxylation sites is 1. The number of hydrogen-bond donors (Lipinski definition) is 0. The predicted octanol–water partition coefficient (Wildman–Crippen LogP) is 3.60. The van der Waals surface area contributed by atoms with Crippen molar-refractivity contribution >= 4 is 5.69 Å². The van der Waals surface area contributed by atoms with E-state index < -0.39 is 4.92 Å². The Bertz CT molecular complexity index is 1150. The Balaban J connectivity index is 1.95. The zero-order valence-corrected chi connectivity index (χ0v) is 14.1. The van der Waals surface area contributed by atoms with E-state index in [-0.39, 0.29) is 11.4 Å². The predicted molar refractivity (Wildman–Crippen MR) is 101 cm³/mol. The van der Waals surface area contributed by atoms with Crippen molar-refractivity contribution in [3.8, 4) is 22.8 Å². The van der Waals surface area contributed by atoms with Crippen molar-refractivity contribution in [2.24, 2.45) is 0 Å². The van der Waals surface area contributed by atoms with Gasteiger partial charge in [-0.15, -0.1) is 5.10 Å². The first-order chi connectivity index (χ1) is 13.1. The van der Waals surface area contributed by atoms with Crippen molar-refractivity contribution in [1.29, 1.82) is 0 Å². The number of nitro groups is 1. The molecule has 0 radical (unpaired) electrons. The van der Waals surface area contributed by atoms with E-state index in [2.05, 4.69) is 5.10 Å². The van der Waals surface area contributed by atoms with Gasteiger partial charge in [0.25, 0.3) is 5.69 Å². The van der Waals surface area contributed by atoms with Crippen LogP contribution >= 0.6 is 0 Å². The molecule has 4 aromatic rings. The van der Waals surface area contributed by atoms with Crippen molar-refractivity contribution in [1.82, 2.24) is 14.3 Å². The monoisotopic (exact) mass is 358 g/mol. The minimum absolute atomic E-state index is 0.0384. The van der Waals surface area contributed by atoms with Crippen LogP contribution in [0.1, 0.15) is 0 Å². The number of aromatic nitrogens is 3. The van der Waals surface area contributed by atoms with E-state index in [0.29, 0.717) is 17.2 Å². The minimum Gasteiger partial charge on any atom is -0.258 e. The molecule has 0 aliphatic heterocycles. The molecule has 4 rings (SSSR count). The van der Waals surface area contributed by atoms with Crippen molar-refractivity contribution in [2.45, 2.75) is 0 Å². The number of non-ortho nitro benzene ring substituents is 1. The van der Waals surface area contributed by atoms with E-state index in [4.69, 9.17) is 0 Å². The fourth-order valence-electron chi connectivity index (χ4n) is 2.84. The van der Waals surface area contributed by atoms with E-state index >= 15 is 0 Å². The van der Waals surface area contributed by atoms with Crippen LogP contribution in [-0.4, -0.2) is 19.3 Å². The molecule has 7 heteroatoms. The normalized spacial score (nSPS) is 10.7. The highest BCUT2D eigenvalue weighted by Crippen LogP contribution is 2.22. The molecule has 0 N–H and O–H groups in total. The summed E-state index contributed by atoms with van der Waals surface area (Å²) >= 11 is 0. The number of rotatable bonds is 4. The Kier molecular flexibility index (Phi) is 4.10. The quantitative estimate of drug-likeness (QED) is 0.412. The molecule has 1 aromatic heterocycles. The summed E-state index contributed by atoms with van der Waals surface area (Å²) in [4.78, 5) is 23.6. The highest BCUT2D eigenvalue weighted by Gasteiger charge is 2.18. The lowest BCUT2D eigenvalue weighted by Gasteiger charge is -2.05. The second-order valence-electron chi connectivity index (χ2n) is 5.83. The Morgan fingerprint density at radius 3 is 1.96 bits per heavy atom. The molecule has 0 saturated heterocycles. The van der Waals surface area contributed by atoms with E-state index in [1.165, 1.54) is 21.4 Å². The second-order valence-corrected chi connectivity index (χ2v) is 5.83. The summed E-state index contributed by atoms with van der Waals surface area (Å²) in [7, 11) is 0. The largest absolute Gasteiger partial charge is 0.355 e. The van der Waals surface area contributed by atoms with Gasteiger partial charge in [0.1, 0.15) is 0 Å². The number of nitrogens with zero attached hydrogens (tertiary/aromatic N) is 4. The average Bonchev–Trinajstić information content (AvgIpc) is 3.06. The van der Waals surface area contributed by atoms with Gasteiger partial charge in [0.15, 0.2) is 5.82 Å². The maximum absolute atomic E-state index is 13.1. The molecular formula is C20H14N4O3. The topological polar surface area (TPSA) is 83.0 Å². The molecule has 0 aliphatic carbocycles. The van der Waals surface area contributed by atoms with E-state index in [1.807, 2.05) is 48.5 Å². The summed E-state index contributed by atoms with van der Waals surface area (Å²) in [6.07, 6.45) is 0. The lowest BCUT2D eigenvalue weighted by Crippen LogP contribution is -2.22. The third kappa shape index (κ3) is 3.02. The van der Waals surface area contributed by atoms with Crippen LogP contribution in [-0.2, 0) is 0 Å². The lowest BCUT2D eigenvalue weighted by atomic mass is 10.2. The summed E-state index contributed by atoms with van der Waals surface area (Å²) < 4.78 is 2.77. The maximum atomic E-state index is 13.1.